The van der Waals surface area contributed by atoms with Crippen molar-refractivity contribution in [3.63, 3.8) is 0 Å². The molecule has 0 aliphatic heterocycles. The summed E-state index contributed by atoms with van der Waals surface area (Å²) >= 11 is 0.900. The SMILES string of the molecule is COC(=O)c1c(NC(=O)c2cc3cc([N+](=O)[O-])ccc3oc2=N)sc(C(=O)N(C)C)c1C. The van der Waals surface area contributed by atoms with Crippen LogP contribution < -0.4 is 10.9 Å². The van der Waals surface area contributed by atoms with Crippen LogP contribution in [0.4, 0.5) is 10.7 Å². The number of thiophene rings is 1. The van der Waals surface area contributed by atoms with E-state index in [1.54, 1.807) is 21.0 Å². The Hall–Kier alpha value is -4.06. The van der Waals surface area contributed by atoms with Crippen LogP contribution in [0.3, 0.4) is 0 Å². The number of ether oxygens (including phenoxy) is 1. The second kappa shape index (κ2) is 8.59. The summed E-state index contributed by atoms with van der Waals surface area (Å²) in [4.78, 5) is 49.7. The quantitative estimate of drug-likeness (QED) is 0.338. The molecule has 0 fully saturated rings. The lowest BCUT2D eigenvalue weighted by molar-refractivity contribution is -0.384. The number of fused-ring (bicyclic) bond motifs is 1. The molecule has 2 amide bonds. The van der Waals surface area contributed by atoms with Gasteiger partial charge < -0.3 is 19.4 Å². The topological polar surface area (TPSA) is 156 Å². The molecule has 0 aliphatic carbocycles. The van der Waals surface area contributed by atoms with Crippen LogP contribution in [0.1, 0.15) is 36.0 Å². The predicted molar refractivity (Wildman–Crippen MR) is 115 cm³/mol. The van der Waals surface area contributed by atoms with Gasteiger partial charge in [-0.1, -0.05) is 0 Å². The summed E-state index contributed by atoms with van der Waals surface area (Å²) in [5.74, 6) is -1.88. The highest BCUT2D eigenvalue weighted by Gasteiger charge is 2.27. The number of methoxy groups -OCH3 is 1. The van der Waals surface area contributed by atoms with Gasteiger partial charge in [-0.15, -0.1) is 11.3 Å². The number of nitro groups is 1. The number of esters is 1. The number of nitrogens with zero attached hydrogens (tertiary/aromatic N) is 2. The average molecular weight is 458 g/mol. The van der Waals surface area contributed by atoms with Crippen molar-refractivity contribution in [1.29, 1.82) is 5.41 Å². The van der Waals surface area contributed by atoms with Crippen molar-refractivity contribution in [3.05, 3.63) is 61.5 Å². The molecule has 3 aromatic rings. The number of benzene rings is 1. The molecule has 32 heavy (non-hydrogen) atoms. The van der Waals surface area contributed by atoms with Gasteiger partial charge in [-0.2, -0.15) is 0 Å². The number of carbonyl (C=O) groups is 3. The smallest absolute Gasteiger partial charge is 0.341 e. The second-order valence-corrected chi connectivity index (χ2v) is 7.89. The highest BCUT2D eigenvalue weighted by atomic mass is 32.1. The van der Waals surface area contributed by atoms with Gasteiger partial charge >= 0.3 is 5.97 Å². The van der Waals surface area contributed by atoms with E-state index in [4.69, 9.17) is 14.6 Å². The van der Waals surface area contributed by atoms with E-state index in [2.05, 4.69) is 5.32 Å². The van der Waals surface area contributed by atoms with E-state index in [9.17, 15) is 24.5 Å². The number of carbonyl (C=O) groups excluding carboxylic acids is 3. The van der Waals surface area contributed by atoms with E-state index >= 15 is 0 Å². The van der Waals surface area contributed by atoms with Gasteiger partial charge in [-0.3, -0.25) is 25.1 Å². The van der Waals surface area contributed by atoms with Crippen LogP contribution >= 0.6 is 11.3 Å². The van der Waals surface area contributed by atoms with Crippen LogP contribution in [0, 0.1) is 22.4 Å². The van der Waals surface area contributed by atoms with Gasteiger partial charge in [0.1, 0.15) is 16.1 Å². The lowest BCUT2D eigenvalue weighted by atomic mass is 10.1. The Bertz CT molecular complexity index is 1340. The zero-order valence-electron chi connectivity index (χ0n) is 17.5. The number of anilines is 1. The van der Waals surface area contributed by atoms with Gasteiger partial charge in [-0.05, 0) is 24.6 Å². The third-order valence-electron chi connectivity index (χ3n) is 4.57. The Morgan fingerprint density at radius 1 is 1.25 bits per heavy atom. The van der Waals surface area contributed by atoms with Gasteiger partial charge in [-0.25, -0.2) is 4.79 Å². The van der Waals surface area contributed by atoms with Crippen LogP contribution in [-0.2, 0) is 4.74 Å². The first-order chi connectivity index (χ1) is 15.0. The Labute approximate surface area is 184 Å². The molecule has 1 aromatic carbocycles. The molecule has 12 heteroatoms. The minimum absolute atomic E-state index is 0.0240. The van der Waals surface area contributed by atoms with E-state index in [1.165, 1.54) is 36.3 Å². The maximum absolute atomic E-state index is 12.9. The highest BCUT2D eigenvalue weighted by Crippen LogP contribution is 2.34. The molecule has 2 aromatic heterocycles. The molecular formula is C20H18N4O7S. The summed E-state index contributed by atoms with van der Waals surface area (Å²) in [6.07, 6.45) is 0. The summed E-state index contributed by atoms with van der Waals surface area (Å²) < 4.78 is 10.1. The maximum atomic E-state index is 12.9. The molecule has 0 radical (unpaired) electrons. The minimum atomic E-state index is -0.789. The van der Waals surface area contributed by atoms with E-state index in [-0.39, 0.29) is 43.6 Å². The predicted octanol–water partition coefficient (Wildman–Crippen LogP) is 2.93. The molecule has 0 saturated carbocycles. The molecule has 0 bridgehead atoms. The van der Waals surface area contributed by atoms with Crippen molar-refractivity contribution in [1.82, 2.24) is 4.90 Å². The van der Waals surface area contributed by atoms with Crippen LogP contribution in [0.15, 0.2) is 28.7 Å². The second-order valence-electron chi connectivity index (χ2n) is 6.87. The van der Waals surface area contributed by atoms with Crippen molar-refractivity contribution in [2.45, 2.75) is 6.92 Å². The maximum Gasteiger partial charge on any atom is 0.341 e. The van der Waals surface area contributed by atoms with Crippen molar-refractivity contribution in [2.24, 2.45) is 0 Å². The molecule has 2 N–H and O–H groups in total. The summed E-state index contributed by atoms with van der Waals surface area (Å²) in [7, 11) is 4.29. The first kappa shape index (κ1) is 22.6. The van der Waals surface area contributed by atoms with Crippen molar-refractivity contribution >= 4 is 50.8 Å². The number of amides is 2. The van der Waals surface area contributed by atoms with Gasteiger partial charge in [0.2, 0.25) is 5.55 Å². The Kier molecular flexibility index (Phi) is 6.07. The third-order valence-corrected chi connectivity index (χ3v) is 5.76. The average Bonchev–Trinajstić information content (AvgIpc) is 3.06. The first-order valence-electron chi connectivity index (χ1n) is 9.06. The molecule has 0 saturated heterocycles. The Morgan fingerprint density at radius 3 is 2.53 bits per heavy atom. The monoisotopic (exact) mass is 458 g/mol. The fourth-order valence-electron chi connectivity index (χ4n) is 2.94. The third kappa shape index (κ3) is 4.07. The summed E-state index contributed by atoms with van der Waals surface area (Å²) in [6.45, 7) is 1.57. The standard InChI is InChI=1S/C20H18N4O7S/c1-9-14(20(27)30-4)18(32-15(9)19(26)23(2)3)22-17(25)12-8-10-7-11(24(28)29)5-6-13(10)31-16(12)21/h5-8,21H,1-4H3,(H,22,25). The fourth-order valence-corrected chi connectivity index (χ4v) is 4.15. The molecule has 3 rings (SSSR count). The number of non-ortho nitro benzene ring substituents is 1. The van der Waals surface area contributed by atoms with Crippen molar-refractivity contribution < 1.29 is 28.5 Å². The zero-order chi connectivity index (χ0) is 23.7. The molecule has 0 unspecified atom stereocenters. The van der Waals surface area contributed by atoms with Crippen LogP contribution in [0.25, 0.3) is 11.0 Å². The van der Waals surface area contributed by atoms with Crippen LogP contribution in [0.5, 0.6) is 0 Å². The highest BCUT2D eigenvalue weighted by molar-refractivity contribution is 7.18. The lowest BCUT2D eigenvalue weighted by Gasteiger charge is -2.08. The molecule has 0 atom stereocenters. The molecule has 166 valence electrons. The van der Waals surface area contributed by atoms with E-state index in [0.717, 1.165) is 11.3 Å². The lowest BCUT2D eigenvalue weighted by Crippen LogP contribution is -2.21. The van der Waals surface area contributed by atoms with Crippen LogP contribution in [-0.4, -0.2) is 48.8 Å². The van der Waals surface area contributed by atoms with Gasteiger partial charge in [0.05, 0.1) is 22.5 Å². The molecule has 0 spiro atoms. The summed E-state index contributed by atoms with van der Waals surface area (Å²) in [5.41, 5.74) is -0.317. The molecular weight excluding hydrogens is 440 g/mol. The largest absolute Gasteiger partial charge is 0.465 e. The van der Waals surface area contributed by atoms with E-state index in [1.807, 2.05) is 0 Å². The number of nitrogens with one attached hydrogen (secondary N) is 2. The first-order valence-corrected chi connectivity index (χ1v) is 9.88. The number of hydrogen-bond acceptors (Lipinski definition) is 9. The Morgan fingerprint density at radius 2 is 1.94 bits per heavy atom. The van der Waals surface area contributed by atoms with Gasteiger partial charge in [0, 0.05) is 31.6 Å². The molecule has 2 heterocycles. The minimum Gasteiger partial charge on any atom is -0.465 e. The van der Waals surface area contributed by atoms with Crippen molar-refractivity contribution in [3.8, 4) is 0 Å². The zero-order valence-corrected chi connectivity index (χ0v) is 18.3. The number of rotatable bonds is 5. The molecule has 11 nitrogen and oxygen atoms in total. The van der Waals surface area contributed by atoms with E-state index < -0.39 is 22.4 Å². The summed E-state index contributed by atoms with van der Waals surface area (Å²) in [5, 5.41) is 21.9. The molecule has 0 aliphatic rings. The fraction of sp³-hybridized carbons (Fsp3) is 0.200. The van der Waals surface area contributed by atoms with Gasteiger partial charge in [0.15, 0.2) is 0 Å². The van der Waals surface area contributed by atoms with Crippen molar-refractivity contribution in [2.75, 3.05) is 26.5 Å². The normalized spacial score (nSPS) is 10.6. The van der Waals surface area contributed by atoms with Crippen LogP contribution in [0.2, 0.25) is 0 Å². The number of nitro benzene ring substituents is 1. The Balaban J connectivity index is 2.07. The van der Waals surface area contributed by atoms with Gasteiger partial charge in [0.25, 0.3) is 17.5 Å². The van der Waals surface area contributed by atoms with E-state index in [0.29, 0.717) is 5.56 Å². The summed E-state index contributed by atoms with van der Waals surface area (Å²) in [6, 6.07) is 5.07. The number of hydrogen-bond donors (Lipinski definition) is 2.